The van der Waals surface area contributed by atoms with Crippen LogP contribution in [0.3, 0.4) is 0 Å². The second-order valence-electron chi connectivity index (χ2n) is 7.91. The lowest BCUT2D eigenvalue weighted by molar-refractivity contribution is -0.126. The molecule has 0 unspecified atom stereocenters. The third kappa shape index (κ3) is 4.64. The molecule has 5 heteroatoms. The number of amides is 2. The zero-order valence-electron chi connectivity index (χ0n) is 17.4. The van der Waals surface area contributed by atoms with Gasteiger partial charge in [0.25, 0.3) is 0 Å². The van der Waals surface area contributed by atoms with Gasteiger partial charge in [-0.25, -0.2) is 0 Å². The molecule has 1 aliphatic heterocycles. The van der Waals surface area contributed by atoms with Crippen molar-refractivity contribution in [2.45, 2.75) is 19.3 Å². The number of carbonyl (C=O) groups excluding carboxylic acids is 2. The molecule has 3 aromatic rings. The molecule has 0 aliphatic carbocycles. The molecule has 0 aromatic heterocycles. The van der Waals surface area contributed by atoms with E-state index in [0.717, 1.165) is 22.4 Å². The average Bonchev–Trinajstić information content (AvgIpc) is 3.18. The zero-order chi connectivity index (χ0) is 21.8. The summed E-state index contributed by atoms with van der Waals surface area (Å²) in [6, 6.07) is 25.8. The van der Waals surface area contributed by atoms with E-state index in [0.29, 0.717) is 18.1 Å². The number of anilines is 1. The first kappa shape index (κ1) is 21.1. The topological polar surface area (TPSA) is 49.4 Å². The van der Waals surface area contributed by atoms with Crippen molar-refractivity contribution in [1.29, 1.82) is 0 Å². The van der Waals surface area contributed by atoms with E-state index in [1.807, 2.05) is 55.5 Å². The van der Waals surface area contributed by atoms with Crippen LogP contribution in [0, 0.1) is 12.8 Å². The summed E-state index contributed by atoms with van der Waals surface area (Å²) in [5, 5.41) is 3.71. The number of benzene rings is 3. The van der Waals surface area contributed by atoms with Gasteiger partial charge in [-0.05, 0) is 35.7 Å². The van der Waals surface area contributed by atoms with Gasteiger partial charge in [-0.1, -0.05) is 78.3 Å². The first-order chi connectivity index (χ1) is 15.0. The molecular weight excluding hydrogens is 408 g/mol. The number of halogens is 1. The van der Waals surface area contributed by atoms with Crippen LogP contribution in [-0.2, 0) is 9.59 Å². The van der Waals surface area contributed by atoms with E-state index < -0.39 is 0 Å². The highest BCUT2D eigenvalue weighted by Crippen LogP contribution is 2.31. The summed E-state index contributed by atoms with van der Waals surface area (Å²) in [7, 11) is 0. The molecule has 4 rings (SSSR count). The fourth-order valence-corrected chi connectivity index (χ4v) is 4.32. The second-order valence-corrected chi connectivity index (χ2v) is 8.32. The summed E-state index contributed by atoms with van der Waals surface area (Å²) >= 11 is 6.22. The molecule has 1 N–H and O–H groups in total. The monoisotopic (exact) mass is 432 g/mol. The van der Waals surface area contributed by atoms with Gasteiger partial charge in [-0.3, -0.25) is 9.59 Å². The number of nitrogens with zero attached hydrogens (tertiary/aromatic N) is 1. The van der Waals surface area contributed by atoms with Gasteiger partial charge in [0, 0.05) is 36.1 Å². The number of nitrogens with one attached hydrogen (secondary N) is 1. The molecule has 1 atom stereocenters. The lowest BCUT2D eigenvalue weighted by Gasteiger charge is -2.21. The Morgan fingerprint density at radius 3 is 2.23 bits per heavy atom. The van der Waals surface area contributed by atoms with Crippen LogP contribution in [0.25, 0.3) is 0 Å². The first-order valence-corrected chi connectivity index (χ1v) is 10.9. The molecule has 1 saturated heterocycles. The molecule has 1 heterocycles. The highest BCUT2D eigenvalue weighted by Gasteiger charge is 2.36. The summed E-state index contributed by atoms with van der Waals surface area (Å²) in [4.78, 5) is 27.3. The molecule has 0 spiro atoms. The number of carbonyl (C=O) groups is 2. The quantitative estimate of drug-likeness (QED) is 0.599. The maximum atomic E-state index is 13.0. The normalized spacial score (nSPS) is 16.0. The molecule has 0 bridgehead atoms. The largest absolute Gasteiger partial charge is 0.355 e. The standard InChI is InChI=1S/C26H25ClN2O2/c1-18-23(27)13-8-14-24(18)29-17-21(15-25(29)30)26(31)28-16-22(19-9-4-2-5-10-19)20-11-6-3-7-12-20/h2-14,21-22H,15-17H2,1H3,(H,28,31)/t21-/m1/s1. The molecule has 4 nitrogen and oxygen atoms in total. The minimum atomic E-state index is -0.377. The predicted octanol–water partition coefficient (Wildman–Crippen LogP) is 4.95. The summed E-state index contributed by atoms with van der Waals surface area (Å²) < 4.78 is 0. The molecule has 158 valence electrons. The van der Waals surface area contributed by atoms with Crippen molar-refractivity contribution in [3.8, 4) is 0 Å². The van der Waals surface area contributed by atoms with Crippen molar-refractivity contribution >= 4 is 29.1 Å². The van der Waals surface area contributed by atoms with Crippen LogP contribution in [0.15, 0.2) is 78.9 Å². The predicted molar refractivity (Wildman–Crippen MR) is 124 cm³/mol. The van der Waals surface area contributed by atoms with Crippen LogP contribution < -0.4 is 10.2 Å². The lowest BCUT2D eigenvalue weighted by atomic mass is 9.91. The molecule has 1 fully saturated rings. The van der Waals surface area contributed by atoms with Gasteiger partial charge in [0.1, 0.15) is 0 Å². The van der Waals surface area contributed by atoms with Crippen LogP contribution in [-0.4, -0.2) is 24.9 Å². The van der Waals surface area contributed by atoms with Gasteiger partial charge >= 0.3 is 0 Å². The number of hydrogen-bond acceptors (Lipinski definition) is 2. The van der Waals surface area contributed by atoms with E-state index in [1.54, 1.807) is 11.0 Å². The summed E-state index contributed by atoms with van der Waals surface area (Å²) in [5.41, 5.74) is 3.92. The summed E-state index contributed by atoms with van der Waals surface area (Å²) in [6.45, 7) is 2.74. The number of rotatable bonds is 6. The third-order valence-corrected chi connectivity index (χ3v) is 6.32. The van der Waals surface area contributed by atoms with Gasteiger partial charge in [0.15, 0.2) is 0 Å². The van der Waals surface area contributed by atoms with Crippen molar-refractivity contribution < 1.29 is 9.59 Å². The van der Waals surface area contributed by atoms with Crippen molar-refractivity contribution in [3.05, 3.63) is 101 Å². The van der Waals surface area contributed by atoms with Gasteiger partial charge < -0.3 is 10.2 Å². The third-order valence-electron chi connectivity index (χ3n) is 5.91. The molecule has 0 saturated carbocycles. The maximum Gasteiger partial charge on any atom is 0.227 e. The fraction of sp³-hybridized carbons (Fsp3) is 0.231. The van der Waals surface area contributed by atoms with Crippen LogP contribution in [0.5, 0.6) is 0 Å². The van der Waals surface area contributed by atoms with Crippen LogP contribution in [0.4, 0.5) is 5.69 Å². The number of hydrogen-bond donors (Lipinski definition) is 1. The van der Waals surface area contributed by atoms with Crippen LogP contribution in [0.1, 0.15) is 29.0 Å². The van der Waals surface area contributed by atoms with Gasteiger partial charge in [0.2, 0.25) is 11.8 Å². The molecule has 3 aromatic carbocycles. The zero-order valence-corrected chi connectivity index (χ0v) is 18.2. The Hall–Kier alpha value is -3.11. The Morgan fingerprint density at radius 1 is 1.00 bits per heavy atom. The first-order valence-electron chi connectivity index (χ1n) is 10.5. The molecule has 31 heavy (non-hydrogen) atoms. The van der Waals surface area contributed by atoms with Gasteiger partial charge in [-0.2, -0.15) is 0 Å². The van der Waals surface area contributed by atoms with Crippen molar-refractivity contribution in [2.24, 2.45) is 5.92 Å². The van der Waals surface area contributed by atoms with E-state index in [2.05, 4.69) is 29.6 Å². The van der Waals surface area contributed by atoms with Gasteiger partial charge in [0.05, 0.1) is 5.92 Å². The molecule has 1 aliphatic rings. The van der Waals surface area contributed by atoms with Crippen LogP contribution >= 0.6 is 11.6 Å². The molecular formula is C26H25ClN2O2. The van der Waals surface area contributed by atoms with E-state index in [1.165, 1.54) is 0 Å². The van der Waals surface area contributed by atoms with Gasteiger partial charge in [-0.15, -0.1) is 0 Å². The Labute approximate surface area is 187 Å². The second kappa shape index (κ2) is 9.36. The Kier molecular flexibility index (Phi) is 6.38. The van der Waals surface area contributed by atoms with E-state index in [9.17, 15) is 9.59 Å². The molecule has 0 radical (unpaired) electrons. The average molecular weight is 433 g/mol. The summed E-state index contributed by atoms with van der Waals surface area (Å²) in [6.07, 6.45) is 0.207. The maximum absolute atomic E-state index is 13.0. The smallest absolute Gasteiger partial charge is 0.227 e. The van der Waals surface area contributed by atoms with Crippen LogP contribution in [0.2, 0.25) is 5.02 Å². The van der Waals surface area contributed by atoms with E-state index >= 15 is 0 Å². The SMILES string of the molecule is Cc1c(Cl)cccc1N1C[C@H](C(=O)NCC(c2ccccc2)c2ccccc2)CC1=O. The van der Waals surface area contributed by atoms with E-state index in [-0.39, 0.29) is 30.1 Å². The van der Waals surface area contributed by atoms with Crippen molar-refractivity contribution in [2.75, 3.05) is 18.0 Å². The Bertz CT molecular complexity index is 1030. The van der Waals surface area contributed by atoms with Crippen molar-refractivity contribution in [1.82, 2.24) is 5.32 Å². The lowest BCUT2D eigenvalue weighted by Crippen LogP contribution is -2.35. The van der Waals surface area contributed by atoms with E-state index in [4.69, 9.17) is 11.6 Å². The highest BCUT2D eigenvalue weighted by atomic mass is 35.5. The molecule has 2 amide bonds. The Morgan fingerprint density at radius 2 is 1.61 bits per heavy atom. The minimum Gasteiger partial charge on any atom is -0.355 e. The summed E-state index contributed by atoms with van der Waals surface area (Å²) in [5.74, 6) is -0.464. The van der Waals surface area contributed by atoms with Crippen molar-refractivity contribution in [3.63, 3.8) is 0 Å². The minimum absolute atomic E-state index is 0.0480. The fourth-order valence-electron chi connectivity index (χ4n) is 4.15. The Balaban J connectivity index is 1.46. The highest BCUT2D eigenvalue weighted by molar-refractivity contribution is 6.31.